The fourth-order valence-electron chi connectivity index (χ4n) is 9.02. The zero-order valence-corrected chi connectivity index (χ0v) is 29.7. The second kappa shape index (κ2) is 14.4. The van der Waals surface area contributed by atoms with Crippen LogP contribution in [0, 0.1) is 33.0 Å². The van der Waals surface area contributed by atoms with E-state index in [-0.39, 0.29) is 40.0 Å². The minimum Gasteiger partial charge on any atom is -0.393 e. The molecule has 2 atom stereocenters. The standard InChI is InChI=1S/C39H66O3/c1-13-36(11,14-2)27-32(30-23-21-29(22-24-30)25-31-26-33(40)42-34(31)41)39(19-7,20-8)38(17-5,18-6)28-35(9,10)37(12,15-3)16-4/h21-24,31-32H,13-20,25-28H2,1-12H3. The lowest BCUT2D eigenvalue weighted by Gasteiger charge is -2.60. The van der Waals surface area contributed by atoms with Crippen molar-refractivity contribution in [2.75, 3.05) is 0 Å². The first-order valence-electron chi connectivity index (χ1n) is 17.5. The molecule has 2 rings (SSSR count). The lowest BCUT2D eigenvalue weighted by atomic mass is 9.44. The Hall–Kier alpha value is -1.64. The van der Waals surface area contributed by atoms with Crippen molar-refractivity contribution < 1.29 is 14.3 Å². The minimum atomic E-state index is -0.392. The maximum absolute atomic E-state index is 12.2. The van der Waals surface area contributed by atoms with Crippen molar-refractivity contribution in [2.24, 2.45) is 33.0 Å². The topological polar surface area (TPSA) is 43.4 Å². The molecule has 3 nitrogen and oxygen atoms in total. The summed E-state index contributed by atoms with van der Waals surface area (Å²) in [5.41, 5.74) is 3.73. The van der Waals surface area contributed by atoms with E-state index in [1.807, 2.05) is 0 Å². The van der Waals surface area contributed by atoms with Crippen molar-refractivity contribution in [3.05, 3.63) is 35.4 Å². The van der Waals surface area contributed by atoms with E-state index in [1.54, 1.807) is 0 Å². The van der Waals surface area contributed by atoms with Crippen LogP contribution in [0.4, 0.5) is 0 Å². The van der Waals surface area contributed by atoms with Gasteiger partial charge in [0.1, 0.15) is 0 Å². The molecule has 0 radical (unpaired) electrons. The molecule has 0 N–H and O–H groups in total. The molecule has 1 aliphatic heterocycles. The van der Waals surface area contributed by atoms with Gasteiger partial charge in [0.15, 0.2) is 0 Å². The van der Waals surface area contributed by atoms with E-state index in [9.17, 15) is 9.59 Å². The summed E-state index contributed by atoms with van der Waals surface area (Å²) in [6, 6.07) is 9.16. The first-order chi connectivity index (χ1) is 19.6. The van der Waals surface area contributed by atoms with E-state index in [2.05, 4.69) is 107 Å². The van der Waals surface area contributed by atoms with Crippen LogP contribution >= 0.6 is 0 Å². The van der Waals surface area contributed by atoms with Crippen molar-refractivity contribution in [1.29, 1.82) is 0 Å². The van der Waals surface area contributed by atoms with Crippen LogP contribution in [-0.4, -0.2) is 11.9 Å². The number of carbonyl (C=O) groups excluding carboxylic acids is 2. The summed E-state index contributed by atoms with van der Waals surface area (Å²) >= 11 is 0. The fourth-order valence-corrected chi connectivity index (χ4v) is 9.02. The largest absolute Gasteiger partial charge is 0.393 e. The second-order valence-electron chi connectivity index (χ2n) is 15.1. The van der Waals surface area contributed by atoms with Crippen LogP contribution in [0.15, 0.2) is 24.3 Å². The molecule has 2 unspecified atom stereocenters. The molecule has 0 aromatic heterocycles. The molecular weight excluding hydrogens is 516 g/mol. The first-order valence-corrected chi connectivity index (χ1v) is 17.5. The van der Waals surface area contributed by atoms with E-state index >= 15 is 0 Å². The fraction of sp³-hybridized carbons (Fsp3) is 0.795. The highest BCUT2D eigenvalue weighted by atomic mass is 16.6. The number of carbonyl (C=O) groups is 2. The zero-order chi connectivity index (χ0) is 32.0. The molecule has 1 aromatic rings. The summed E-state index contributed by atoms with van der Waals surface area (Å²) in [5.74, 6) is -0.676. The number of benzene rings is 1. The zero-order valence-electron chi connectivity index (χ0n) is 29.7. The average Bonchev–Trinajstić information content (AvgIpc) is 3.31. The first kappa shape index (κ1) is 36.6. The Balaban J connectivity index is 2.70. The normalized spacial score (nSPS) is 18.0. The van der Waals surface area contributed by atoms with Crippen LogP contribution in [0.5, 0.6) is 0 Å². The highest BCUT2D eigenvalue weighted by Gasteiger charge is 2.56. The molecule has 1 aromatic carbocycles. The molecule has 0 spiro atoms. The van der Waals surface area contributed by atoms with E-state index in [0.29, 0.717) is 17.8 Å². The van der Waals surface area contributed by atoms with Crippen LogP contribution < -0.4 is 0 Å². The van der Waals surface area contributed by atoms with E-state index in [0.717, 1.165) is 5.56 Å². The number of cyclic esters (lactones) is 2. The highest BCUT2D eigenvalue weighted by Crippen LogP contribution is 2.66. The van der Waals surface area contributed by atoms with E-state index < -0.39 is 5.97 Å². The van der Waals surface area contributed by atoms with Crippen molar-refractivity contribution >= 4 is 11.9 Å². The van der Waals surface area contributed by atoms with Gasteiger partial charge in [0.2, 0.25) is 0 Å². The summed E-state index contributed by atoms with van der Waals surface area (Å²) in [6.45, 7) is 29.5. The van der Waals surface area contributed by atoms with Gasteiger partial charge >= 0.3 is 11.9 Å². The monoisotopic (exact) mass is 583 g/mol. The predicted octanol–water partition coefficient (Wildman–Crippen LogP) is 11.5. The molecule has 0 amide bonds. The third-order valence-corrected chi connectivity index (χ3v) is 13.5. The Morgan fingerprint density at radius 3 is 1.64 bits per heavy atom. The molecule has 1 fully saturated rings. The average molecular weight is 583 g/mol. The van der Waals surface area contributed by atoms with E-state index in [1.165, 1.54) is 69.8 Å². The van der Waals surface area contributed by atoms with Gasteiger partial charge in [-0.2, -0.15) is 0 Å². The third-order valence-electron chi connectivity index (χ3n) is 13.5. The Labute approximate surface area is 260 Å². The second-order valence-corrected chi connectivity index (χ2v) is 15.1. The quantitative estimate of drug-likeness (QED) is 0.128. The minimum absolute atomic E-state index is 0.158. The summed E-state index contributed by atoms with van der Waals surface area (Å²) < 4.78 is 4.83. The lowest BCUT2D eigenvalue weighted by Crippen LogP contribution is -2.50. The number of hydrogen-bond acceptors (Lipinski definition) is 3. The molecule has 240 valence electrons. The predicted molar refractivity (Wildman–Crippen MR) is 179 cm³/mol. The number of rotatable bonds is 18. The van der Waals surface area contributed by atoms with Crippen molar-refractivity contribution in [3.63, 3.8) is 0 Å². The molecule has 0 bridgehead atoms. The van der Waals surface area contributed by atoms with E-state index in [4.69, 9.17) is 4.74 Å². The molecule has 0 saturated carbocycles. The molecule has 42 heavy (non-hydrogen) atoms. The van der Waals surface area contributed by atoms with Gasteiger partial charge in [-0.05, 0) is 89.1 Å². The summed E-state index contributed by atoms with van der Waals surface area (Å²) in [4.78, 5) is 23.8. The van der Waals surface area contributed by atoms with Gasteiger partial charge in [0, 0.05) is 0 Å². The summed E-state index contributed by atoms with van der Waals surface area (Å²) in [5, 5.41) is 0. The van der Waals surface area contributed by atoms with Crippen LogP contribution in [0.25, 0.3) is 0 Å². The number of ether oxygens (including phenoxy) is 1. The smallest absolute Gasteiger partial charge is 0.317 e. The van der Waals surface area contributed by atoms with Gasteiger partial charge in [0.05, 0.1) is 12.3 Å². The van der Waals surface area contributed by atoms with Gasteiger partial charge in [-0.1, -0.05) is 133 Å². The molecule has 1 aliphatic rings. The maximum Gasteiger partial charge on any atom is 0.317 e. The van der Waals surface area contributed by atoms with Crippen molar-refractivity contribution in [2.45, 2.75) is 166 Å². The third kappa shape index (κ3) is 7.02. The van der Waals surface area contributed by atoms with Gasteiger partial charge < -0.3 is 4.74 Å². The van der Waals surface area contributed by atoms with Crippen molar-refractivity contribution in [1.82, 2.24) is 0 Å². The Kier molecular flexibility index (Phi) is 12.6. The van der Waals surface area contributed by atoms with Crippen LogP contribution in [-0.2, 0) is 20.7 Å². The summed E-state index contributed by atoms with van der Waals surface area (Å²) in [7, 11) is 0. The van der Waals surface area contributed by atoms with Crippen LogP contribution in [0.2, 0.25) is 0 Å². The Morgan fingerprint density at radius 1 is 0.738 bits per heavy atom. The van der Waals surface area contributed by atoms with Crippen LogP contribution in [0.3, 0.4) is 0 Å². The molecule has 0 aliphatic carbocycles. The maximum atomic E-state index is 12.2. The number of hydrogen-bond donors (Lipinski definition) is 0. The van der Waals surface area contributed by atoms with Crippen molar-refractivity contribution in [3.8, 4) is 0 Å². The van der Waals surface area contributed by atoms with Gasteiger partial charge in [-0.25, -0.2) is 0 Å². The number of esters is 2. The Bertz CT molecular complexity index is 1000. The van der Waals surface area contributed by atoms with Gasteiger partial charge in [-0.3, -0.25) is 9.59 Å². The highest BCUT2D eigenvalue weighted by molar-refractivity contribution is 5.94. The van der Waals surface area contributed by atoms with Crippen LogP contribution in [0.1, 0.15) is 171 Å². The SMILES string of the molecule is CCC(C)(CC)CC(c1ccc(CC2CC(=O)OC2=O)cc1)C(CC)(CC)C(CC)(CC)CC(C)(C)C(C)(CC)CC. The van der Waals surface area contributed by atoms with Gasteiger partial charge in [-0.15, -0.1) is 0 Å². The summed E-state index contributed by atoms with van der Waals surface area (Å²) in [6.07, 6.45) is 12.7. The molecule has 1 heterocycles. The van der Waals surface area contributed by atoms with Gasteiger partial charge in [0.25, 0.3) is 0 Å². The molecule has 1 saturated heterocycles. The molecule has 3 heteroatoms. The Morgan fingerprint density at radius 2 is 1.26 bits per heavy atom. The molecular formula is C39H66O3. The lowest BCUT2D eigenvalue weighted by molar-refractivity contribution is -0.153.